The number of halogens is 1. The average molecular weight is 279 g/mol. The largest absolute Gasteiger partial charge is 0.298 e. The summed E-state index contributed by atoms with van der Waals surface area (Å²) in [5, 5.41) is 0.841. The summed E-state index contributed by atoms with van der Waals surface area (Å²) in [4.78, 5) is 7.98. The van der Waals surface area contributed by atoms with Crippen LogP contribution in [0.4, 0.5) is 0 Å². The summed E-state index contributed by atoms with van der Waals surface area (Å²) in [5.74, 6) is 0.622. The molecule has 3 rings (SSSR count). The van der Waals surface area contributed by atoms with E-state index >= 15 is 0 Å². The van der Waals surface area contributed by atoms with Gasteiger partial charge in [0.1, 0.15) is 0 Å². The third-order valence-electron chi connectivity index (χ3n) is 3.46. The molecule has 1 unspecified atom stereocenters. The summed E-state index contributed by atoms with van der Waals surface area (Å²) in [7, 11) is 0. The summed E-state index contributed by atoms with van der Waals surface area (Å²) >= 11 is 7.79. The van der Waals surface area contributed by atoms with E-state index in [0.29, 0.717) is 5.92 Å². The Morgan fingerprint density at radius 2 is 2.39 bits per heavy atom. The Kier molecular flexibility index (Phi) is 3.64. The molecule has 0 N–H and O–H groups in total. The van der Waals surface area contributed by atoms with Crippen molar-refractivity contribution in [3.05, 3.63) is 51.4 Å². The maximum absolute atomic E-state index is 6.05. The SMILES string of the molecule is Clc1cccc(C2CCN(Cc3cncs3)C2)c1. The topological polar surface area (TPSA) is 16.1 Å². The molecule has 1 aliphatic heterocycles. The van der Waals surface area contributed by atoms with E-state index in [2.05, 4.69) is 22.0 Å². The predicted molar refractivity (Wildman–Crippen MR) is 76.2 cm³/mol. The van der Waals surface area contributed by atoms with Crippen molar-refractivity contribution >= 4 is 22.9 Å². The highest BCUT2D eigenvalue weighted by Gasteiger charge is 2.24. The summed E-state index contributed by atoms with van der Waals surface area (Å²) in [6.07, 6.45) is 3.19. The van der Waals surface area contributed by atoms with Gasteiger partial charge < -0.3 is 0 Å². The van der Waals surface area contributed by atoms with Crippen molar-refractivity contribution in [3.8, 4) is 0 Å². The van der Waals surface area contributed by atoms with Crippen molar-refractivity contribution in [2.45, 2.75) is 18.9 Å². The van der Waals surface area contributed by atoms with E-state index in [1.165, 1.54) is 16.9 Å². The second kappa shape index (κ2) is 5.39. The lowest BCUT2D eigenvalue weighted by molar-refractivity contribution is 0.329. The number of benzene rings is 1. The molecule has 1 aromatic carbocycles. The lowest BCUT2D eigenvalue weighted by atomic mass is 9.99. The number of hydrogen-bond donors (Lipinski definition) is 0. The molecule has 0 bridgehead atoms. The van der Waals surface area contributed by atoms with Crippen molar-refractivity contribution < 1.29 is 0 Å². The van der Waals surface area contributed by atoms with E-state index < -0.39 is 0 Å². The van der Waals surface area contributed by atoms with Crippen LogP contribution in [-0.4, -0.2) is 23.0 Å². The van der Waals surface area contributed by atoms with Crippen LogP contribution < -0.4 is 0 Å². The Bertz CT molecular complexity index is 512. The first-order valence-electron chi connectivity index (χ1n) is 6.16. The lowest BCUT2D eigenvalue weighted by Gasteiger charge is -2.15. The van der Waals surface area contributed by atoms with Gasteiger partial charge in [-0.2, -0.15) is 0 Å². The maximum Gasteiger partial charge on any atom is 0.0794 e. The van der Waals surface area contributed by atoms with Gasteiger partial charge in [-0.1, -0.05) is 23.7 Å². The highest BCUT2D eigenvalue weighted by Crippen LogP contribution is 2.29. The second-order valence-corrected chi connectivity index (χ2v) is 6.15. The van der Waals surface area contributed by atoms with Crippen LogP contribution in [0.25, 0.3) is 0 Å². The van der Waals surface area contributed by atoms with Crippen LogP contribution >= 0.6 is 22.9 Å². The second-order valence-electron chi connectivity index (χ2n) is 4.74. The number of rotatable bonds is 3. The van der Waals surface area contributed by atoms with Gasteiger partial charge in [0, 0.05) is 29.2 Å². The monoisotopic (exact) mass is 278 g/mol. The summed E-state index contributed by atoms with van der Waals surface area (Å²) in [5.41, 5.74) is 3.27. The molecule has 1 aliphatic rings. The Balaban J connectivity index is 1.65. The average Bonchev–Trinajstić information content (AvgIpc) is 3.01. The van der Waals surface area contributed by atoms with Gasteiger partial charge in [-0.05, 0) is 36.6 Å². The molecule has 0 spiro atoms. The first kappa shape index (κ1) is 12.2. The zero-order valence-corrected chi connectivity index (χ0v) is 11.6. The minimum Gasteiger partial charge on any atom is -0.298 e. The molecule has 0 saturated carbocycles. The van der Waals surface area contributed by atoms with Gasteiger partial charge in [0.05, 0.1) is 5.51 Å². The lowest BCUT2D eigenvalue weighted by Crippen LogP contribution is -2.19. The van der Waals surface area contributed by atoms with E-state index in [4.69, 9.17) is 11.6 Å². The first-order chi connectivity index (χ1) is 8.81. The standard InChI is InChI=1S/C14H15ClN2S/c15-13-3-1-2-11(6-13)12-4-5-17(8-12)9-14-7-16-10-18-14/h1-3,6-7,10,12H,4-5,8-9H2. The Morgan fingerprint density at radius 1 is 1.44 bits per heavy atom. The minimum absolute atomic E-state index is 0.622. The third kappa shape index (κ3) is 2.74. The fourth-order valence-corrected chi connectivity index (χ4v) is 3.38. The van der Waals surface area contributed by atoms with Crippen LogP contribution in [0.3, 0.4) is 0 Å². The molecule has 2 heterocycles. The van der Waals surface area contributed by atoms with Gasteiger partial charge in [0.2, 0.25) is 0 Å². The molecule has 0 amide bonds. The van der Waals surface area contributed by atoms with E-state index in [9.17, 15) is 0 Å². The van der Waals surface area contributed by atoms with E-state index in [-0.39, 0.29) is 0 Å². The molecule has 4 heteroatoms. The fraction of sp³-hybridized carbons (Fsp3) is 0.357. The van der Waals surface area contributed by atoms with Crippen LogP contribution in [0.15, 0.2) is 36.0 Å². The van der Waals surface area contributed by atoms with Crippen molar-refractivity contribution in [1.82, 2.24) is 9.88 Å². The van der Waals surface area contributed by atoms with Crippen LogP contribution in [0, 0.1) is 0 Å². The summed E-state index contributed by atoms with van der Waals surface area (Å²) in [6.45, 7) is 3.31. The van der Waals surface area contributed by atoms with Gasteiger partial charge >= 0.3 is 0 Å². The van der Waals surface area contributed by atoms with Crippen molar-refractivity contribution in [1.29, 1.82) is 0 Å². The molecule has 2 nitrogen and oxygen atoms in total. The van der Waals surface area contributed by atoms with Crippen molar-refractivity contribution in [2.24, 2.45) is 0 Å². The number of thiazole rings is 1. The highest BCUT2D eigenvalue weighted by atomic mass is 35.5. The van der Waals surface area contributed by atoms with Gasteiger partial charge in [-0.15, -0.1) is 11.3 Å². The zero-order valence-electron chi connectivity index (χ0n) is 10.1. The van der Waals surface area contributed by atoms with Crippen LogP contribution in [0.2, 0.25) is 5.02 Å². The molecular weight excluding hydrogens is 264 g/mol. The number of likely N-dealkylation sites (tertiary alicyclic amines) is 1. The van der Waals surface area contributed by atoms with Crippen LogP contribution in [0.1, 0.15) is 22.8 Å². The van der Waals surface area contributed by atoms with E-state index in [1.807, 2.05) is 23.8 Å². The number of aromatic nitrogens is 1. The Morgan fingerprint density at radius 3 is 3.17 bits per heavy atom. The van der Waals surface area contributed by atoms with Gasteiger partial charge in [0.25, 0.3) is 0 Å². The quantitative estimate of drug-likeness (QED) is 0.849. The minimum atomic E-state index is 0.622. The smallest absolute Gasteiger partial charge is 0.0794 e. The highest BCUT2D eigenvalue weighted by molar-refractivity contribution is 7.09. The predicted octanol–water partition coefficient (Wildman–Crippen LogP) is 3.79. The molecule has 94 valence electrons. The molecule has 2 aromatic rings. The molecule has 1 saturated heterocycles. The number of hydrogen-bond acceptors (Lipinski definition) is 3. The van der Waals surface area contributed by atoms with Gasteiger partial charge in [-0.25, -0.2) is 0 Å². The molecule has 18 heavy (non-hydrogen) atoms. The molecule has 0 aliphatic carbocycles. The van der Waals surface area contributed by atoms with Gasteiger partial charge in [-0.3, -0.25) is 9.88 Å². The van der Waals surface area contributed by atoms with E-state index in [0.717, 1.165) is 24.7 Å². The van der Waals surface area contributed by atoms with Crippen molar-refractivity contribution in [2.75, 3.05) is 13.1 Å². The van der Waals surface area contributed by atoms with Crippen LogP contribution in [-0.2, 0) is 6.54 Å². The van der Waals surface area contributed by atoms with Gasteiger partial charge in [0.15, 0.2) is 0 Å². The maximum atomic E-state index is 6.05. The van der Waals surface area contributed by atoms with Crippen molar-refractivity contribution in [3.63, 3.8) is 0 Å². The Labute approximate surface area is 116 Å². The molecule has 1 fully saturated rings. The fourth-order valence-electron chi connectivity index (χ4n) is 2.55. The van der Waals surface area contributed by atoms with E-state index in [1.54, 1.807) is 11.3 Å². The normalized spacial score (nSPS) is 20.4. The first-order valence-corrected chi connectivity index (χ1v) is 7.42. The molecule has 1 aromatic heterocycles. The third-order valence-corrected chi connectivity index (χ3v) is 4.45. The van der Waals surface area contributed by atoms with Crippen LogP contribution in [0.5, 0.6) is 0 Å². The summed E-state index contributed by atoms with van der Waals surface area (Å²) in [6, 6.07) is 8.27. The Hall–Kier alpha value is -0.900. The summed E-state index contributed by atoms with van der Waals surface area (Å²) < 4.78 is 0. The molecule has 1 atom stereocenters. The zero-order chi connectivity index (χ0) is 12.4. The molecule has 0 radical (unpaired) electrons. The molecular formula is C14H15ClN2S. The number of nitrogens with zero attached hydrogens (tertiary/aromatic N) is 2.